The van der Waals surface area contributed by atoms with Gasteiger partial charge in [0.1, 0.15) is 5.75 Å². The van der Waals surface area contributed by atoms with Crippen molar-refractivity contribution in [3.63, 3.8) is 0 Å². The summed E-state index contributed by atoms with van der Waals surface area (Å²) in [5.41, 5.74) is 1.48. The highest BCUT2D eigenvalue weighted by Crippen LogP contribution is 2.35. The molecule has 7 nitrogen and oxygen atoms in total. The molecule has 3 aliphatic heterocycles. The first kappa shape index (κ1) is 19.5. The molecule has 154 valence electrons. The van der Waals surface area contributed by atoms with Gasteiger partial charge in [-0.1, -0.05) is 0 Å². The zero-order chi connectivity index (χ0) is 19.4. The first-order chi connectivity index (χ1) is 13.7. The second-order valence-electron chi connectivity index (χ2n) is 7.79. The second kappa shape index (κ2) is 8.68. The minimum atomic E-state index is -0.132. The monoisotopic (exact) mass is 390 g/mol. The van der Waals surface area contributed by atoms with Crippen molar-refractivity contribution < 1.29 is 23.7 Å². The van der Waals surface area contributed by atoms with Gasteiger partial charge in [-0.2, -0.15) is 0 Å². The van der Waals surface area contributed by atoms with Gasteiger partial charge in [0.2, 0.25) is 0 Å². The molecule has 4 rings (SSSR count). The summed E-state index contributed by atoms with van der Waals surface area (Å²) >= 11 is 0. The van der Waals surface area contributed by atoms with E-state index in [-0.39, 0.29) is 17.6 Å². The molecule has 0 radical (unpaired) electrons. The van der Waals surface area contributed by atoms with Crippen molar-refractivity contribution >= 4 is 11.6 Å². The van der Waals surface area contributed by atoms with E-state index in [2.05, 4.69) is 10.2 Å². The van der Waals surface area contributed by atoms with E-state index in [0.29, 0.717) is 25.4 Å². The van der Waals surface area contributed by atoms with E-state index >= 15 is 0 Å². The fourth-order valence-corrected chi connectivity index (χ4v) is 4.39. The van der Waals surface area contributed by atoms with E-state index in [4.69, 9.17) is 18.9 Å². The van der Waals surface area contributed by atoms with Crippen molar-refractivity contribution in [2.45, 2.75) is 37.3 Å². The molecule has 0 bridgehead atoms. The van der Waals surface area contributed by atoms with Crippen molar-refractivity contribution in [1.82, 2.24) is 5.32 Å². The Morgan fingerprint density at radius 2 is 1.89 bits per heavy atom. The molecule has 0 unspecified atom stereocenters. The lowest BCUT2D eigenvalue weighted by atomic mass is 9.84. The normalized spacial score (nSPS) is 24.8. The highest BCUT2D eigenvalue weighted by Gasteiger charge is 2.39. The van der Waals surface area contributed by atoms with Crippen LogP contribution in [-0.4, -0.2) is 70.8 Å². The van der Waals surface area contributed by atoms with E-state index in [1.807, 2.05) is 18.2 Å². The lowest BCUT2D eigenvalue weighted by molar-refractivity contribution is -0.139. The van der Waals surface area contributed by atoms with Crippen LogP contribution in [0.25, 0.3) is 0 Å². The Hall–Kier alpha value is -1.83. The molecule has 1 aromatic carbocycles. The van der Waals surface area contributed by atoms with Gasteiger partial charge in [0.05, 0.1) is 31.6 Å². The third kappa shape index (κ3) is 4.26. The van der Waals surface area contributed by atoms with Gasteiger partial charge in [-0.15, -0.1) is 0 Å². The Morgan fingerprint density at radius 3 is 2.64 bits per heavy atom. The van der Waals surface area contributed by atoms with Crippen LogP contribution in [0.5, 0.6) is 5.75 Å². The Balaban J connectivity index is 1.45. The molecule has 7 heteroatoms. The number of nitrogens with one attached hydrogen (secondary N) is 1. The van der Waals surface area contributed by atoms with Crippen molar-refractivity contribution in [3.8, 4) is 5.75 Å². The molecule has 3 saturated heterocycles. The van der Waals surface area contributed by atoms with E-state index in [1.165, 1.54) is 0 Å². The molecule has 1 aromatic rings. The molecule has 1 spiro atoms. The highest BCUT2D eigenvalue weighted by atomic mass is 16.5. The second-order valence-corrected chi connectivity index (χ2v) is 7.79. The maximum absolute atomic E-state index is 13.0. The molecule has 28 heavy (non-hydrogen) atoms. The summed E-state index contributed by atoms with van der Waals surface area (Å²) in [6, 6.07) is 5.78. The summed E-state index contributed by atoms with van der Waals surface area (Å²) in [5, 5.41) is 3.23. The number of rotatable bonds is 4. The van der Waals surface area contributed by atoms with Gasteiger partial charge in [-0.25, -0.2) is 0 Å². The smallest absolute Gasteiger partial charge is 0.251 e. The minimum Gasteiger partial charge on any atom is -0.495 e. The first-order valence-electron chi connectivity index (χ1n) is 10.2. The molecule has 3 heterocycles. The molecule has 0 aliphatic carbocycles. The van der Waals surface area contributed by atoms with Crippen LogP contribution >= 0.6 is 0 Å². The zero-order valence-electron chi connectivity index (χ0n) is 16.6. The van der Waals surface area contributed by atoms with Gasteiger partial charge in [-0.05, 0) is 43.9 Å². The van der Waals surface area contributed by atoms with Crippen molar-refractivity contribution in [3.05, 3.63) is 23.8 Å². The van der Waals surface area contributed by atoms with Crippen LogP contribution in [0, 0.1) is 0 Å². The van der Waals surface area contributed by atoms with Crippen LogP contribution in [0.15, 0.2) is 18.2 Å². The summed E-state index contributed by atoms with van der Waals surface area (Å²) in [5.74, 6) is 0.747. The van der Waals surface area contributed by atoms with Crippen LogP contribution in [-0.2, 0) is 14.2 Å². The average molecular weight is 390 g/mol. The number of anilines is 1. The molecule has 1 N–H and O–H groups in total. The van der Waals surface area contributed by atoms with Gasteiger partial charge in [0.25, 0.3) is 5.91 Å². The maximum Gasteiger partial charge on any atom is 0.251 e. The standard InChI is InChI=1S/C21H30N2O5/c1-25-19-3-2-16(14-18(19)23-7-12-27-13-8-23)20(24)22-17-4-9-28-21(15-17)5-10-26-11-6-21/h2-3,14,17H,4-13,15H2,1H3,(H,22,24)/t17-/m1/s1. The van der Waals surface area contributed by atoms with Crippen LogP contribution < -0.4 is 15.0 Å². The first-order valence-corrected chi connectivity index (χ1v) is 10.2. The molecule has 3 fully saturated rings. The van der Waals surface area contributed by atoms with E-state index in [9.17, 15) is 4.79 Å². The molecule has 0 aromatic heterocycles. The molecule has 1 amide bonds. The predicted octanol–water partition coefficient (Wildman–Crippen LogP) is 1.99. The predicted molar refractivity (Wildman–Crippen MR) is 105 cm³/mol. The van der Waals surface area contributed by atoms with Crippen LogP contribution in [0.2, 0.25) is 0 Å². The lowest BCUT2D eigenvalue weighted by Gasteiger charge is -2.43. The number of nitrogens with zero attached hydrogens (tertiary/aromatic N) is 1. The topological polar surface area (TPSA) is 69.3 Å². The van der Waals surface area contributed by atoms with Crippen molar-refractivity contribution in [2.24, 2.45) is 0 Å². The summed E-state index contributed by atoms with van der Waals surface area (Å²) in [6.45, 7) is 5.13. The fraction of sp³-hybridized carbons (Fsp3) is 0.667. The number of hydrogen-bond donors (Lipinski definition) is 1. The van der Waals surface area contributed by atoms with Crippen LogP contribution in [0.4, 0.5) is 5.69 Å². The third-order valence-corrected chi connectivity index (χ3v) is 6.03. The van der Waals surface area contributed by atoms with Crippen LogP contribution in [0.1, 0.15) is 36.0 Å². The van der Waals surface area contributed by atoms with Gasteiger partial charge < -0.3 is 29.2 Å². The Bertz CT molecular complexity index is 678. The summed E-state index contributed by atoms with van der Waals surface area (Å²) in [6.07, 6.45) is 3.52. The summed E-state index contributed by atoms with van der Waals surface area (Å²) in [4.78, 5) is 15.2. The van der Waals surface area contributed by atoms with Gasteiger partial charge in [-0.3, -0.25) is 4.79 Å². The number of carbonyl (C=O) groups excluding carboxylic acids is 1. The van der Waals surface area contributed by atoms with Crippen LogP contribution in [0.3, 0.4) is 0 Å². The van der Waals surface area contributed by atoms with E-state index in [0.717, 1.165) is 63.4 Å². The number of amides is 1. The van der Waals surface area contributed by atoms with Gasteiger partial charge >= 0.3 is 0 Å². The maximum atomic E-state index is 13.0. The van der Waals surface area contributed by atoms with Gasteiger partial charge in [0.15, 0.2) is 0 Å². The summed E-state index contributed by atoms with van der Waals surface area (Å²) in [7, 11) is 1.66. The summed E-state index contributed by atoms with van der Waals surface area (Å²) < 4.78 is 22.5. The number of methoxy groups -OCH3 is 1. The fourth-order valence-electron chi connectivity index (χ4n) is 4.39. The van der Waals surface area contributed by atoms with E-state index < -0.39 is 0 Å². The molecular formula is C21H30N2O5. The van der Waals surface area contributed by atoms with Gasteiger partial charge in [0, 0.05) is 44.5 Å². The van der Waals surface area contributed by atoms with Crippen molar-refractivity contribution in [2.75, 3.05) is 58.1 Å². The van der Waals surface area contributed by atoms with Crippen molar-refractivity contribution in [1.29, 1.82) is 0 Å². The molecular weight excluding hydrogens is 360 g/mol. The quantitative estimate of drug-likeness (QED) is 0.848. The molecule has 0 saturated carbocycles. The number of hydrogen-bond acceptors (Lipinski definition) is 6. The van der Waals surface area contributed by atoms with E-state index in [1.54, 1.807) is 7.11 Å². The number of morpholine rings is 1. The molecule has 1 atom stereocenters. The lowest BCUT2D eigenvalue weighted by Crippen LogP contribution is -2.51. The largest absolute Gasteiger partial charge is 0.495 e. The Morgan fingerprint density at radius 1 is 1.14 bits per heavy atom. The number of carbonyl (C=O) groups is 1. The third-order valence-electron chi connectivity index (χ3n) is 6.03. The number of benzene rings is 1. The highest BCUT2D eigenvalue weighted by molar-refractivity contribution is 5.96. The SMILES string of the molecule is COc1ccc(C(=O)N[C@@H]2CCOC3(CCOCC3)C2)cc1N1CCOCC1. The zero-order valence-corrected chi connectivity index (χ0v) is 16.6. The Kier molecular flexibility index (Phi) is 6.04. The average Bonchev–Trinajstić information content (AvgIpc) is 2.74. The number of ether oxygens (including phenoxy) is 4. The Labute approximate surface area is 166 Å². The minimum absolute atomic E-state index is 0.0359. The molecule has 3 aliphatic rings.